The number of aliphatic hydroxyl groups is 2. The lowest BCUT2D eigenvalue weighted by Crippen LogP contribution is -2.20. The van der Waals surface area contributed by atoms with Crippen LogP contribution >= 0.6 is 0 Å². The van der Waals surface area contributed by atoms with Crippen LogP contribution in [-0.4, -0.2) is 33.8 Å². The zero-order valence-electron chi connectivity index (χ0n) is 10.0. The fraction of sp³-hybridized carbons (Fsp3) is 0.214. The molecule has 4 heteroatoms. The molecule has 0 bridgehead atoms. The highest BCUT2D eigenvalue weighted by Crippen LogP contribution is 2.20. The molecule has 2 atom stereocenters. The summed E-state index contributed by atoms with van der Waals surface area (Å²) in [6.07, 6.45) is 4.42. The second-order valence-corrected chi connectivity index (χ2v) is 3.76. The fourth-order valence-corrected chi connectivity index (χ4v) is 1.47. The smallest absolute Gasteiger partial charge is 0.154 e. The Hall–Kier alpha value is -1.91. The molecular formula is C14H16O4. The lowest BCUT2D eigenvalue weighted by molar-refractivity contribution is 0.0813. The minimum Gasteiger partial charge on any atom is -0.507 e. The second-order valence-electron chi connectivity index (χ2n) is 3.76. The van der Waals surface area contributed by atoms with Crippen LogP contribution in [-0.2, 0) is 0 Å². The number of aromatic hydroxyl groups is 1. The molecule has 0 heterocycles. The summed E-state index contributed by atoms with van der Waals surface area (Å²) in [6, 6.07) is 4.64. The van der Waals surface area contributed by atoms with Crippen molar-refractivity contribution in [3.05, 3.63) is 47.6 Å². The van der Waals surface area contributed by atoms with Crippen molar-refractivity contribution in [2.45, 2.75) is 19.1 Å². The first kappa shape index (κ1) is 14.2. The number of rotatable bonds is 5. The van der Waals surface area contributed by atoms with Crippen LogP contribution in [0.4, 0.5) is 0 Å². The summed E-state index contributed by atoms with van der Waals surface area (Å²) in [5.41, 5.74) is 0.637. The van der Waals surface area contributed by atoms with E-state index in [2.05, 4.69) is 0 Å². The molecule has 2 unspecified atom stereocenters. The Balaban J connectivity index is 2.91. The zero-order chi connectivity index (χ0) is 13.5. The van der Waals surface area contributed by atoms with Crippen LogP contribution in [0.2, 0.25) is 0 Å². The first-order valence-electron chi connectivity index (χ1n) is 5.54. The summed E-state index contributed by atoms with van der Waals surface area (Å²) in [5, 5.41) is 28.5. The van der Waals surface area contributed by atoms with Crippen molar-refractivity contribution in [1.82, 2.24) is 0 Å². The molecule has 0 radical (unpaired) electrons. The van der Waals surface area contributed by atoms with Crippen molar-refractivity contribution in [3.63, 3.8) is 0 Å². The Morgan fingerprint density at radius 3 is 2.44 bits per heavy atom. The van der Waals surface area contributed by atoms with Crippen molar-refractivity contribution in [3.8, 4) is 5.75 Å². The Labute approximate surface area is 106 Å². The largest absolute Gasteiger partial charge is 0.507 e. The first-order valence-corrected chi connectivity index (χ1v) is 5.54. The van der Waals surface area contributed by atoms with E-state index in [0.29, 0.717) is 11.8 Å². The van der Waals surface area contributed by atoms with Gasteiger partial charge in [0.05, 0.1) is 5.56 Å². The summed E-state index contributed by atoms with van der Waals surface area (Å²) in [4.78, 5) is 10.8. The van der Waals surface area contributed by atoms with Crippen LogP contribution in [0.3, 0.4) is 0 Å². The summed E-state index contributed by atoms with van der Waals surface area (Å²) in [6.45, 7) is 1.74. The number of hydrogen-bond donors (Lipinski definition) is 3. The molecule has 18 heavy (non-hydrogen) atoms. The van der Waals surface area contributed by atoms with Gasteiger partial charge in [0.15, 0.2) is 6.29 Å². The third kappa shape index (κ3) is 3.55. The van der Waals surface area contributed by atoms with Gasteiger partial charge in [-0.3, -0.25) is 4.79 Å². The number of phenolic OH excluding ortho intramolecular Hbond substituents is 1. The Morgan fingerprint density at radius 2 is 1.83 bits per heavy atom. The third-order valence-corrected chi connectivity index (χ3v) is 2.45. The van der Waals surface area contributed by atoms with Crippen LogP contribution in [0, 0.1) is 0 Å². The van der Waals surface area contributed by atoms with E-state index >= 15 is 0 Å². The lowest BCUT2D eigenvalue weighted by atomic mass is 10.1. The van der Waals surface area contributed by atoms with Gasteiger partial charge in [0.1, 0.15) is 18.0 Å². The molecule has 0 aliphatic rings. The number of carbonyl (C=O) groups is 1. The van der Waals surface area contributed by atoms with Crippen LogP contribution in [0.25, 0.3) is 6.08 Å². The molecule has 0 aromatic heterocycles. The van der Waals surface area contributed by atoms with Gasteiger partial charge in [0.2, 0.25) is 0 Å². The van der Waals surface area contributed by atoms with Gasteiger partial charge >= 0.3 is 0 Å². The van der Waals surface area contributed by atoms with Gasteiger partial charge in [-0.25, -0.2) is 0 Å². The van der Waals surface area contributed by atoms with Crippen molar-refractivity contribution in [2.24, 2.45) is 0 Å². The number of allylic oxidation sites excluding steroid dienone is 1. The van der Waals surface area contributed by atoms with Crippen molar-refractivity contribution < 1.29 is 20.1 Å². The van der Waals surface area contributed by atoms with E-state index in [4.69, 9.17) is 0 Å². The summed E-state index contributed by atoms with van der Waals surface area (Å²) in [5.74, 6) is -0.115. The third-order valence-electron chi connectivity index (χ3n) is 2.45. The van der Waals surface area contributed by atoms with Crippen LogP contribution in [0.1, 0.15) is 22.8 Å². The molecule has 0 aliphatic heterocycles. The van der Waals surface area contributed by atoms with Crippen molar-refractivity contribution in [1.29, 1.82) is 0 Å². The van der Waals surface area contributed by atoms with Crippen LogP contribution in [0.5, 0.6) is 5.75 Å². The first-order chi connectivity index (χ1) is 8.60. The highest BCUT2D eigenvalue weighted by Gasteiger charge is 2.09. The van der Waals surface area contributed by atoms with Crippen LogP contribution < -0.4 is 0 Å². The standard InChI is InChI=1S/C14H16O4/c1-2-4-13(17)14(18)8-7-10-5-3-6-12(16)11(10)9-15/h2-9,13-14,16-18H,1H3/b4-2+,8-7+. The molecule has 4 nitrogen and oxygen atoms in total. The minimum atomic E-state index is -1.07. The maximum Gasteiger partial charge on any atom is 0.154 e. The quantitative estimate of drug-likeness (QED) is 0.545. The maximum absolute atomic E-state index is 10.8. The van der Waals surface area contributed by atoms with Gasteiger partial charge in [-0.2, -0.15) is 0 Å². The second kappa shape index (κ2) is 6.74. The van der Waals surface area contributed by atoms with Crippen molar-refractivity contribution >= 4 is 12.4 Å². The van der Waals surface area contributed by atoms with E-state index in [1.54, 1.807) is 25.1 Å². The highest BCUT2D eigenvalue weighted by atomic mass is 16.3. The molecule has 0 spiro atoms. The predicted octanol–water partition coefficient (Wildman–Crippen LogP) is 1.52. The molecule has 3 N–H and O–H groups in total. The van der Waals surface area contributed by atoms with Crippen LogP contribution in [0.15, 0.2) is 36.4 Å². The molecule has 0 aliphatic carbocycles. The average molecular weight is 248 g/mol. The monoisotopic (exact) mass is 248 g/mol. The van der Waals surface area contributed by atoms with E-state index in [9.17, 15) is 20.1 Å². The number of benzene rings is 1. The number of hydrogen-bond acceptors (Lipinski definition) is 4. The molecule has 1 aromatic carbocycles. The van der Waals surface area contributed by atoms with Gasteiger partial charge in [0.25, 0.3) is 0 Å². The van der Waals surface area contributed by atoms with E-state index in [1.165, 1.54) is 24.3 Å². The zero-order valence-corrected chi connectivity index (χ0v) is 10.0. The molecule has 0 fully saturated rings. The lowest BCUT2D eigenvalue weighted by Gasteiger charge is -2.10. The van der Waals surface area contributed by atoms with Gasteiger partial charge in [-0.1, -0.05) is 36.4 Å². The van der Waals surface area contributed by atoms with Gasteiger partial charge in [0, 0.05) is 0 Å². The van der Waals surface area contributed by atoms with Gasteiger partial charge in [-0.15, -0.1) is 0 Å². The minimum absolute atomic E-state index is 0.115. The number of aldehydes is 1. The normalized spacial score (nSPS) is 15.1. The van der Waals surface area contributed by atoms with E-state index in [0.717, 1.165) is 0 Å². The summed E-state index contributed by atoms with van der Waals surface area (Å²) >= 11 is 0. The molecule has 0 saturated heterocycles. The summed E-state index contributed by atoms with van der Waals surface area (Å²) < 4.78 is 0. The summed E-state index contributed by atoms with van der Waals surface area (Å²) in [7, 11) is 0. The Kier molecular flexibility index (Phi) is 5.30. The topological polar surface area (TPSA) is 77.8 Å². The molecular weight excluding hydrogens is 232 g/mol. The van der Waals surface area contributed by atoms with Gasteiger partial charge < -0.3 is 15.3 Å². The molecule has 0 amide bonds. The Morgan fingerprint density at radius 1 is 1.17 bits per heavy atom. The van der Waals surface area contributed by atoms with E-state index in [1.807, 2.05) is 0 Å². The Bertz CT molecular complexity index is 463. The SMILES string of the molecule is C/C=C/C(O)C(O)/C=C/c1cccc(O)c1C=O. The predicted molar refractivity (Wildman–Crippen MR) is 69.4 cm³/mol. The number of aliphatic hydroxyl groups excluding tert-OH is 2. The fourth-order valence-electron chi connectivity index (χ4n) is 1.47. The van der Waals surface area contributed by atoms with Crippen molar-refractivity contribution in [2.75, 3.05) is 0 Å². The van der Waals surface area contributed by atoms with E-state index < -0.39 is 12.2 Å². The number of carbonyl (C=O) groups excluding carboxylic acids is 1. The molecule has 1 rings (SSSR count). The maximum atomic E-state index is 10.8. The molecule has 1 aromatic rings. The molecule has 0 saturated carbocycles. The average Bonchev–Trinajstić information content (AvgIpc) is 2.36. The number of phenols is 1. The highest BCUT2D eigenvalue weighted by molar-refractivity contribution is 5.85. The van der Waals surface area contributed by atoms with Gasteiger partial charge in [-0.05, 0) is 18.6 Å². The molecule has 96 valence electrons. The van der Waals surface area contributed by atoms with E-state index in [-0.39, 0.29) is 11.3 Å².